The van der Waals surface area contributed by atoms with Gasteiger partial charge in [0.2, 0.25) is 0 Å². The third-order valence-electron chi connectivity index (χ3n) is 1.74. The number of aromatic nitrogens is 2. The maximum atomic E-state index is 7.53. The van der Waals surface area contributed by atoms with Crippen LogP contribution in [0.3, 0.4) is 0 Å². The maximum absolute atomic E-state index is 7.53. The van der Waals surface area contributed by atoms with E-state index in [9.17, 15) is 0 Å². The van der Waals surface area contributed by atoms with E-state index in [1.54, 1.807) is 0 Å². The fourth-order valence-electron chi connectivity index (χ4n) is 1.14. The molecule has 0 saturated carbocycles. The molecule has 2 aromatic rings. The van der Waals surface area contributed by atoms with Crippen molar-refractivity contribution < 1.29 is 30.0 Å². The Balaban J connectivity index is 0.000000453. The van der Waals surface area contributed by atoms with Crippen molar-refractivity contribution in [3.05, 3.63) is 49.1 Å². The summed E-state index contributed by atoms with van der Waals surface area (Å²) in [5.74, 6) is -0.583. The number of para-hydroxylation sites is 1. The molecule has 0 aliphatic heterocycles. The molecular weight excluding hydrogens is 396 g/mol. The van der Waals surface area contributed by atoms with Crippen molar-refractivity contribution in [2.45, 2.75) is 6.92 Å². The van der Waals surface area contributed by atoms with Crippen LogP contribution in [-0.4, -0.2) is 25.0 Å². The number of nitrogens with zero attached hydrogens (tertiary/aromatic N) is 2. The molecular formula is C12H15IrN2O2+. The van der Waals surface area contributed by atoms with E-state index in [0.29, 0.717) is 0 Å². The van der Waals surface area contributed by atoms with Gasteiger partial charge in [-0.15, -0.1) is 12.1 Å². The molecule has 0 unspecified atom stereocenters. The van der Waals surface area contributed by atoms with Gasteiger partial charge in [0.15, 0.2) is 6.33 Å². The summed E-state index contributed by atoms with van der Waals surface area (Å²) in [5, 5.41) is 7.53. The fraction of sp³-hybridized carbons (Fsp3) is 0.167. The largest absolute Gasteiger partial charge is 0.477 e. The molecule has 17 heavy (non-hydrogen) atoms. The van der Waals surface area contributed by atoms with E-state index in [0.717, 1.165) is 5.69 Å². The molecule has 1 aromatic carbocycles. The number of aliphatic hydroxyl groups excluding tert-OH is 1. The predicted octanol–water partition coefficient (Wildman–Crippen LogP) is 1.96. The summed E-state index contributed by atoms with van der Waals surface area (Å²) in [6, 6.07) is 11.1. The summed E-state index contributed by atoms with van der Waals surface area (Å²) in [4.78, 5) is 7.53. The summed E-state index contributed by atoms with van der Waals surface area (Å²) in [5.41, 5.74) is 1.07. The molecule has 0 atom stereocenters. The van der Waals surface area contributed by atoms with Gasteiger partial charge in [0.05, 0.1) is 6.92 Å². The maximum Gasteiger partial charge on any atom is 0.477 e. The zero-order valence-electron chi connectivity index (χ0n) is 9.66. The SMILES string of the molecule is CC(O)=[OH+].Cn1ccn(-c2[c-]cccc2)[cH+]1.[Ir]. The van der Waals surface area contributed by atoms with E-state index in [1.165, 1.54) is 6.92 Å². The first-order valence-corrected chi connectivity index (χ1v) is 4.81. The van der Waals surface area contributed by atoms with Crippen LogP contribution in [0.25, 0.3) is 5.69 Å². The van der Waals surface area contributed by atoms with Crippen molar-refractivity contribution in [3.63, 3.8) is 0 Å². The minimum absolute atomic E-state index is 0. The summed E-state index contributed by atoms with van der Waals surface area (Å²) < 4.78 is 4.03. The van der Waals surface area contributed by atoms with Crippen molar-refractivity contribution in [3.8, 4) is 5.69 Å². The Morgan fingerprint density at radius 1 is 1.41 bits per heavy atom. The van der Waals surface area contributed by atoms with E-state index in [4.69, 9.17) is 9.90 Å². The summed E-state index contributed by atoms with van der Waals surface area (Å²) in [6.07, 6.45) is 6.01. The van der Waals surface area contributed by atoms with Crippen molar-refractivity contribution in [2.24, 2.45) is 7.05 Å². The number of aliphatic carboxylic acids is 1. The van der Waals surface area contributed by atoms with Crippen molar-refractivity contribution >= 4 is 5.97 Å². The number of imidazole rings is 1. The van der Waals surface area contributed by atoms with E-state index in [-0.39, 0.29) is 20.1 Å². The zero-order valence-corrected chi connectivity index (χ0v) is 12.1. The molecule has 1 heterocycles. The summed E-state index contributed by atoms with van der Waals surface area (Å²) in [6.45, 7) is 1.19. The second-order valence-electron chi connectivity index (χ2n) is 3.28. The van der Waals surface area contributed by atoms with Crippen LogP contribution in [0.5, 0.6) is 0 Å². The van der Waals surface area contributed by atoms with Gasteiger partial charge in [-0.3, -0.25) is 4.57 Å². The first-order valence-electron chi connectivity index (χ1n) is 4.81. The molecule has 0 bridgehead atoms. The molecule has 0 spiro atoms. The van der Waals surface area contributed by atoms with Crippen molar-refractivity contribution in [1.29, 1.82) is 0 Å². The Morgan fingerprint density at radius 3 is 2.47 bits per heavy atom. The predicted molar refractivity (Wildman–Crippen MR) is 63.2 cm³/mol. The van der Waals surface area contributed by atoms with Crippen LogP contribution in [0.2, 0.25) is 0 Å². The van der Waals surface area contributed by atoms with E-state index < -0.39 is 5.97 Å². The standard InChI is InChI=1S/C10H10N2.C2H4O2.Ir/c1-11-7-8-12(9-11)10-5-3-2-4-6-10;1-2(3)4;/h2-5,7-9H,1H3;1H3,(H,3,4);/p+1. The topological polar surface area (TPSA) is 51.5 Å². The van der Waals surface area contributed by atoms with Crippen LogP contribution in [0.1, 0.15) is 6.92 Å². The van der Waals surface area contributed by atoms with Crippen LogP contribution in [0, 0.1) is 6.07 Å². The van der Waals surface area contributed by atoms with Gasteiger partial charge in [0.25, 0.3) is 0 Å². The van der Waals surface area contributed by atoms with E-state index in [1.807, 2.05) is 59.2 Å². The normalized spacial score (nSPS) is 8.59. The van der Waals surface area contributed by atoms with Crippen LogP contribution in [-0.2, 0) is 27.2 Å². The molecule has 4 nitrogen and oxygen atoms in total. The molecule has 2 rings (SSSR count). The summed E-state index contributed by atoms with van der Waals surface area (Å²) in [7, 11) is 2.00. The summed E-state index contributed by atoms with van der Waals surface area (Å²) >= 11 is 0. The third-order valence-corrected chi connectivity index (χ3v) is 1.74. The molecule has 0 aliphatic carbocycles. The number of carboxylic acids is 1. The van der Waals surface area contributed by atoms with Crippen LogP contribution in [0.4, 0.5) is 0 Å². The first kappa shape index (κ1) is 15.5. The Morgan fingerprint density at radius 2 is 2.06 bits per heavy atom. The smallest absolute Gasteiger partial charge is 0.339 e. The Kier molecular flexibility index (Phi) is 7.10. The second-order valence-corrected chi connectivity index (χ2v) is 3.28. The third kappa shape index (κ3) is 6.00. The molecule has 93 valence electrons. The average Bonchev–Trinajstić information content (AvgIpc) is 2.65. The minimum atomic E-state index is -0.583. The molecule has 1 aromatic heterocycles. The van der Waals surface area contributed by atoms with Crippen LogP contribution >= 0.6 is 0 Å². The molecule has 5 heteroatoms. The Hall–Kier alpha value is -1.45. The van der Waals surface area contributed by atoms with Gasteiger partial charge >= 0.3 is 5.97 Å². The number of aryl methyl sites for hydroxylation is 1. The van der Waals surface area contributed by atoms with Crippen LogP contribution < -0.4 is 0 Å². The Labute approximate surface area is 114 Å². The number of hydrogen-bond donors (Lipinski definition) is 1. The molecule has 2 N–H and O–H groups in total. The monoisotopic (exact) mass is 412 g/mol. The van der Waals surface area contributed by atoms with Gasteiger partial charge in [-0.1, -0.05) is 0 Å². The Bertz CT molecular complexity index is 451. The second kappa shape index (κ2) is 7.76. The van der Waals surface area contributed by atoms with Crippen molar-refractivity contribution in [2.75, 3.05) is 0 Å². The molecule has 0 amide bonds. The average molecular weight is 411 g/mol. The first-order chi connectivity index (χ1) is 7.59. The van der Waals surface area contributed by atoms with Crippen LogP contribution in [0.15, 0.2) is 43.0 Å². The van der Waals surface area contributed by atoms with Gasteiger partial charge in [0, 0.05) is 32.8 Å². The zero-order chi connectivity index (χ0) is 12.0. The van der Waals surface area contributed by atoms with Gasteiger partial charge in [0.1, 0.15) is 12.4 Å². The number of benzene rings is 1. The van der Waals surface area contributed by atoms with E-state index in [2.05, 4.69) is 6.07 Å². The van der Waals surface area contributed by atoms with Gasteiger partial charge in [-0.25, -0.2) is 4.57 Å². The molecule has 1 radical (unpaired) electrons. The number of carboxylic acid groups (broad SMARTS) is 1. The van der Waals surface area contributed by atoms with Crippen molar-refractivity contribution in [1.82, 2.24) is 9.13 Å². The quantitative estimate of drug-likeness (QED) is 0.566. The van der Waals surface area contributed by atoms with E-state index >= 15 is 0 Å². The molecule has 0 aliphatic rings. The molecule has 0 fully saturated rings. The van der Waals surface area contributed by atoms with Gasteiger partial charge < -0.3 is 9.90 Å². The van der Waals surface area contributed by atoms with Gasteiger partial charge in [-0.2, -0.15) is 18.2 Å². The number of hydrogen-bond acceptors (Lipinski definition) is 0. The fourth-order valence-corrected chi connectivity index (χ4v) is 1.14. The van der Waals surface area contributed by atoms with Gasteiger partial charge in [-0.05, 0) is 0 Å². The molecule has 0 saturated heterocycles. The number of rotatable bonds is 1. The minimum Gasteiger partial charge on any atom is -0.339 e.